The van der Waals surface area contributed by atoms with Crippen molar-refractivity contribution in [3.63, 3.8) is 0 Å². The van der Waals surface area contributed by atoms with Crippen molar-refractivity contribution >= 4 is 23.1 Å². The zero-order valence-corrected chi connectivity index (χ0v) is 13.1. The molecule has 0 amide bonds. The van der Waals surface area contributed by atoms with Crippen LogP contribution in [0, 0.1) is 0 Å². The summed E-state index contributed by atoms with van der Waals surface area (Å²) in [4.78, 5) is 3.03. The van der Waals surface area contributed by atoms with Gasteiger partial charge in [0, 0.05) is 21.5 Å². The van der Waals surface area contributed by atoms with E-state index < -0.39 is 0 Å². The first-order chi connectivity index (χ1) is 8.15. The Labute approximate surface area is 114 Å². The van der Waals surface area contributed by atoms with Crippen LogP contribution in [-0.2, 0) is 12.8 Å². The SMILES string of the molecule is CCNC(CSC(C)C)Cc1ccc(CC)s1. The topological polar surface area (TPSA) is 12.0 Å². The molecule has 0 aromatic carbocycles. The predicted molar refractivity (Wildman–Crippen MR) is 82.5 cm³/mol. The lowest BCUT2D eigenvalue weighted by Gasteiger charge is -2.17. The van der Waals surface area contributed by atoms with Crippen LogP contribution in [0.2, 0.25) is 0 Å². The molecular formula is C14H25NS2. The highest BCUT2D eigenvalue weighted by atomic mass is 32.2. The lowest BCUT2D eigenvalue weighted by atomic mass is 10.2. The molecule has 17 heavy (non-hydrogen) atoms. The Kier molecular flexibility index (Phi) is 7.24. The summed E-state index contributed by atoms with van der Waals surface area (Å²) in [7, 11) is 0. The number of hydrogen-bond acceptors (Lipinski definition) is 3. The van der Waals surface area contributed by atoms with E-state index in [-0.39, 0.29) is 0 Å². The van der Waals surface area contributed by atoms with Crippen molar-refractivity contribution in [2.45, 2.75) is 51.8 Å². The van der Waals surface area contributed by atoms with Crippen molar-refractivity contribution in [1.29, 1.82) is 0 Å². The van der Waals surface area contributed by atoms with Crippen LogP contribution in [0.1, 0.15) is 37.4 Å². The second-order valence-electron chi connectivity index (χ2n) is 4.56. The fourth-order valence-corrected chi connectivity index (χ4v) is 3.64. The predicted octanol–water partition coefficient (Wildman–Crippen LogP) is 3.97. The number of aryl methyl sites for hydroxylation is 1. The van der Waals surface area contributed by atoms with Gasteiger partial charge in [0.15, 0.2) is 0 Å². The highest BCUT2D eigenvalue weighted by Crippen LogP contribution is 2.20. The van der Waals surface area contributed by atoms with E-state index in [0.29, 0.717) is 6.04 Å². The molecule has 1 atom stereocenters. The third-order valence-corrected chi connectivity index (χ3v) is 5.15. The van der Waals surface area contributed by atoms with Gasteiger partial charge < -0.3 is 5.32 Å². The van der Waals surface area contributed by atoms with Crippen molar-refractivity contribution < 1.29 is 0 Å². The number of hydrogen-bond donors (Lipinski definition) is 1. The summed E-state index contributed by atoms with van der Waals surface area (Å²) in [5.41, 5.74) is 0. The summed E-state index contributed by atoms with van der Waals surface area (Å²) in [5.74, 6) is 1.21. The molecule has 0 spiro atoms. The first kappa shape index (κ1) is 15.1. The van der Waals surface area contributed by atoms with Gasteiger partial charge in [0.25, 0.3) is 0 Å². The van der Waals surface area contributed by atoms with Crippen molar-refractivity contribution in [3.05, 3.63) is 21.9 Å². The van der Waals surface area contributed by atoms with Crippen LogP contribution >= 0.6 is 23.1 Å². The van der Waals surface area contributed by atoms with E-state index in [2.05, 4.69) is 56.9 Å². The minimum Gasteiger partial charge on any atom is -0.313 e. The number of thioether (sulfide) groups is 1. The van der Waals surface area contributed by atoms with Crippen molar-refractivity contribution in [3.8, 4) is 0 Å². The van der Waals surface area contributed by atoms with E-state index in [1.165, 1.54) is 21.9 Å². The van der Waals surface area contributed by atoms with Gasteiger partial charge >= 0.3 is 0 Å². The molecule has 1 nitrogen and oxygen atoms in total. The molecule has 0 aliphatic carbocycles. The average Bonchev–Trinajstić information content (AvgIpc) is 2.74. The molecule has 1 N–H and O–H groups in total. The minimum absolute atomic E-state index is 0.621. The first-order valence-electron chi connectivity index (χ1n) is 6.58. The molecule has 3 heteroatoms. The number of nitrogens with one attached hydrogen (secondary N) is 1. The Balaban J connectivity index is 2.47. The molecule has 0 radical (unpaired) electrons. The van der Waals surface area contributed by atoms with Crippen LogP contribution in [0.25, 0.3) is 0 Å². The zero-order valence-electron chi connectivity index (χ0n) is 11.5. The minimum atomic E-state index is 0.621. The molecule has 1 heterocycles. The van der Waals surface area contributed by atoms with Crippen molar-refractivity contribution in [2.24, 2.45) is 0 Å². The highest BCUT2D eigenvalue weighted by molar-refractivity contribution is 7.99. The third-order valence-electron chi connectivity index (χ3n) is 2.64. The maximum atomic E-state index is 3.60. The molecule has 1 rings (SSSR count). The monoisotopic (exact) mass is 271 g/mol. The van der Waals surface area contributed by atoms with Gasteiger partial charge in [-0.15, -0.1) is 11.3 Å². The van der Waals surface area contributed by atoms with E-state index in [4.69, 9.17) is 0 Å². The molecule has 0 fully saturated rings. The lowest BCUT2D eigenvalue weighted by molar-refractivity contribution is 0.576. The molecule has 1 aromatic rings. The van der Waals surface area contributed by atoms with Gasteiger partial charge in [0.1, 0.15) is 0 Å². The summed E-state index contributed by atoms with van der Waals surface area (Å²) in [6, 6.07) is 5.20. The Morgan fingerprint density at radius 1 is 1.24 bits per heavy atom. The second-order valence-corrected chi connectivity index (χ2v) is 7.42. The smallest absolute Gasteiger partial charge is 0.0206 e. The van der Waals surface area contributed by atoms with Gasteiger partial charge in [-0.3, -0.25) is 0 Å². The quantitative estimate of drug-likeness (QED) is 0.768. The Hall–Kier alpha value is 0.01000. The maximum absolute atomic E-state index is 3.60. The molecular weight excluding hydrogens is 246 g/mol. The third kappa shape index (κ3) is 5.94. The standard InChI is InChI=1S/C14H25NS2/c1-5-13-7-8-14(17-13)9-12(15-6-2)10-16-11(3)4/h7-8,11-12,15H,5-6,9-10H2,1-4H3. The highest BCUT2D eigenvalue weighted by Gasteiger charge is 2.11. The summed E-state index contributed by atoms with van der Waals surface area (Å²) in [5, 5.41) is 4.33. The summed E-state index contributed by atoms with van der Waals surface area (Å²) in [6.45, 7) is 10.0. The largest absolute Gasteiger partial charge is 0.313 e. The van der Waals surface area contributed by atoms with Crippen LogP contribution in [-0.4, -0.2) is 23.6 Å². The zero-order chi connectivity index (χ0) is 12.7. The average molecular weight is 271 g/mol. The molecule has 1 aromatic heterocycles. The Morgan fingerprint density at radius 2 is 1.94 bits per heavy atom. The first-order valence-corrected chi connectivity index (χ1v) is 8.44. The van der Waals surface area contributed by atoms with E-state index in [1.54, 1.807) is 0 Å². The van der Waals surface area contributed by atoms with E-state index in [1.807, 2.05) is 11.3 Å². The van der Waals surface area contributed by atoms with E-state index >= 15 is 0 Å². The Bertz CT molecular complexity index is 307. The molecule has 0 saturated carbocycles. The molecule has 98 valence electrons. The summed E-state index contributed by atoms with van der Waals surface area (Å²) >= 11 is 4.03. The molecule has 0 saturated heterocycles. The summed E-state index contributed by atoms with van der Waals surface area (Å²) in [6.07, 6.45) is 2.34. The second kappa shape index (κ2) is 8.17. The fourth-order valence-electron chi connectivity index (χ4n) is 1.75. The van der Waals surface area contributed by atoms with Gasteiger partial charge in [-0.25, -0.2) is 0 Å². The maximum Gasteiger partial charge on any atom is 0.0206 e. The van der Waals surface area contributed by atoms with Crippen LogP contribution in [0.15, 0.2) is 12.1 Å². The van der Waals surface area contributed by atoms with Crippen LogP contribution in [0.3, 0.4) is 0 Å². The summed E-state index contributed by atoms with van der Waals surface area (Å²) < 4.78 is 0. The molecule has 1 unspecified atom stereocenters. The van der Waals surface area contributed by atoms with Gasteiger partial charge in [-0.05, 0) is 36.8 Å². The Morgan fingerprint density at radius 3 is 2.47 bits per heavy atom. The van der Waals surface area contributed by atoms with E-state index in [0.717, 1.165) is 18.2 Å². The van der Waals surface area contributed by atoms with Gasteiger partial charge in [-0.2, -0.15) is 11.8 Å². The number of likely N-dealkylation sites (N-methyl/N-ethyl adjacent to an activating group) is 1. The van der Waals surface area contributed by atoms with Crippen LogP contribution in [0.4, 0.5) is 0 Å². The molecule has 0 aliphatic rings. The molecule has 0 bridgehead atoms. The molecule has 0 aliphatic heterocycles. The van der Waals surface area contributed by atoms with Crippen LogP contribution in [0.5, 0.6) is 0 Å². The number of thiophene rings is 1. The van der Waals surface area contributed by atoms with E-state index in [9.17, 15) is 0 Å². The fraction of sp³-hybridized carbons (Fsp3) is 0.714. The van der Waals surface area contributed by atoms with Gasteiger partial charge in [0.05, 0.1) is 0 Å². The lowest BCUT2D eigenvalue weighted by Crippen LogP contribution is -2.33. The van der Waals surface area contributed by atoms with Gasteiger partial charge in [0.2, 0.25) is 0 Å². The van der Waals surface area contributed by atoms with Crippen molar-refractivity contribution in [1.82, 2.24) is 5.32 Å². The number of rotatable bonds is 8. The van der Waals surface area contributed by atoms with Gasteiger partial charge in [-0.1, -0.05) is 27.7 Å². The van der Waals surface area contributed by atoms with Crippen LogP contribution < -0.4 is 5.32 Å². The van der Waals surface area contributed by atoms with Crippen molar-refractivity contribution in [2.75, 3.05) is 12.3 Å². The normalized spacial score (nSPS) is 13.2.